The van der Waals surface area contributed by atoms with E-state index in [2.05, 4.69) is 25.2 Å². The first-order valence-electron chi connectivity index (χ1n) is 11.4. The fourth-order valence-corrected chi connectivity index (χ4v) is 7.79. The van der Waals surface area contributed by atoms with Crippen molar-refractivity contribution in [3.8, 4) is 0 Å². The van der Waals surface area contributed by atoms with E-state index >= 15 is 0 Å². The van der Waals surface area contributed by atoms with Crippen LogP contribution >= 0.6 is 8.03 Å². The Morgan fingerprint density at radius 2 is 1.93 bits per heavy atom. The average Bonchev–Trinajstić information content (AvgIpc) is 3.02. The van der Waals surface area contributed by atoms with Gasteiger partial charge in [0, 0.05) is 22.2 Å². The van der Waals surface area contributed by atoms with E-state index in [1.54, 1.807) is 0 Å². The first-order valence-corrected chi connectivity index (χ1v) is 12.8. The second-order valence-corrected chi connectivity index (χ2v) is 12.8. The quantitative estimate of drug-likeness (QED) is 0.586. The molecule has 2 fully saturated rings. The predicted octanol–water partition coefficient (Wildman–Crippen LogP) is 5.44. The predicted molar refractivity (Wildman–Crippen MR) is 118 cm³/mol. The lowest BCUT2D eigenvalue weighted by Crippen LogP contribution is -2.58. The Morgan fingerprint density at radius 1 is 1.21 bits per heavy atom. The molecule has 4 aliphatic rings. The van der Waals surface area contributed by atoms with Crippen molar-refractivity contribution in [1.82, 2.24) is 5.32 Å². The number of carbonyl (C=O) groups excluding carboxylic acids is 1. The average molecular weight is 420 g/mol. The zero-order chi connectivity index (χ0) is 21.2. The number of fused-ring (bicyclic) bond motifs is 5. The summed E-state index contributed by atoms with van der Waals surface area (Å²) in [5, 5.41) is 3.94. The molecule has 7 atom stereocenters. The first-order chi connectivity index (χ1) is 13.5. The van der Waals surface area contributed by atoms with Crippen LogP contribution < -0.4 is 5.32 Å². The molecule has 0 heterocycles. The lowest BCUT2D eigenvalue weighted by molar-refractivity contribution is -0.131. The molecule has 4 rings (SSSR count). The summed E-state index contributed by atoms with van der Waals surface area (Å²) in [5.74, 6) is 2.01. The van der Waals surface area contributed by atoms with E-state index < -0.39 is 13.4 Å². The lowest BCUT2D eigenvalue weighted by Gasteiger charge is -2.58. The van der Waals surface area contributed by atoms with Crippen LogP contribution in [0, 0.1) is 34.0 Å². The van der Waals surface area contributed by atoms with Crippen LogP contribution in [-0.4, -0.2) is 16.8 Å². The van der Waals surface area contributed by atoms with Gasteiger partial charge in [0.25, 0.3) is 0 Å². The van der Waals surface area contributed by atoms with Crippen molar-refractivity contribution in [2.45, 2.75) is 85.6 Å². The summed E-state index contributed by atoms with van der Waals surface area (Å²) in [6.45, 7) is 10.6. The standard InChI is InChI=1S/C24H38NO3P/c1-22(2,3)21(26)25-20-14-16(29(27)28)13-15-8-9-17-18-7-6-11-23(18,4)12-10-19(17)24(15,20)5/h8,13,17-20,29H,6-7,9-12,14H2,1-5H3,(H,25,26)(H,27,28)/t17-,18-,19+,20?,23-,24-/m0/s1. The van der Waals surface area contributed by atoms with Gasteiger partial charge < -0.3 is 10.2 Å². The van der Waals surface area contributed by atoms with Gasteiger partial charge in [0.2, 0.25) is 13.9 Å². The van der Waals surface area contributed by atoms with Gasteiger partial charge in [-0.25, -0.2) is 0 Å². The number of allylic oxidation sites excluding steroid dienone is 2. The van der Waals surface area contributed by atoms with Crippen molar-refractivity contribution in [3.05, 3.63) is 23.0 Å². The highest BCUT2D eigenvalue weighted by Gasteiger charge is 2.58. The Hall–Kier alpha value is -0.860. The van der Waals surface area contributed by atoms with Crippen molar-refractivity contribution >= 4 is 13.9 Å². The molecular formula is C24H38NO3P. The molecule has 2 saturated carbocycles. The highest BCUT2D eigenvalue weighted by molar-refractivity contribution is 7.43. The van der Waals surface area contributed by atoms with Gasteiger partial charge in [-0.3, -0.25) is 9.36 Å². The van der Waals surface area contributed by atoms with Gasteiger partial charge in [-0.15, -0.1) is 0 Å². The molecule has 0 spiro atoms. The van der Waals surface area contributed by atoms with Crippen molar-refractivity contribution in [1.29, 1.82) is 0 Å². The van der Waals surface area contributed by atoms with Crippen LogP contribution in [0.5, 0.6) is 0 Å². The largest absolute Gasteiger partial charge is 0.352 e. The summed E-state index contributed by atoms with van der Waals surface area (Å²) in [6.07, 6.45) is 12.4. The Labute approximate surface area is 176 Å². The van der Waals surface area contributed by atoms with E-state index in [-0.39, 0.29) is 17.4 Å². The molecule has 4 aliphatic carbocycles. The van der Waals surface area contributed by atoms with Gasteiger partial charge in [-0.05, 0) is 73.3 Å². The van der Waals surface area contributed by atoms with Crippen LogP contribution in [0.15, 0.2) is 23.0 Å². The molecule has 5 heteroatoms. The zero-order valence-corrected chi connectivity index (χ0v) is 19.7. The van der Waals surface area contributed by atoms with Crippen LogP contribution in [0.25, 0.3) is 0 Å². The van der Waals surface area contributed by atoms with Crippen molar-refractivity contribution in [2.75, 3.05) is 0 Å². The minimum absolute atomic E-state index is 0.0329. The first kappa shape index (κ1) is 21.4. The molecule has 0 aromatic carbocycles. The van der Waals surface area contributed by atoms with Gasteiger partial charge >= 0.3 is 0 Å². The van der Waals surface area contributed by atoms with Gasteiger partial charge in [-0.1, -0.05) is 47.1 Å². The van der Waals surface area contributed by atoms with E-state index in [0.29, 0.717) is 29.0 Å². The number of rotatable bonds is 2. The molecule has 1 amide bonds. The van der Waals surface area contributed by atoms with Crippen molar-refractivity contribution < 1.29 is 14.3 Å². The fourth-order valence-electron chi connectivity index (χ4n) is 7.13. The summed E-state index contributed by atoms with van der Waals surface area (Å²) in [6, 6.07) is -0.111. The molecule has 0 bridgehead atoms. The maximum atomic E-state index is 12.9. The fraction of sp³-hybridized carbons (Fsp3) is 0.792. The molecule has 0 aromatic rings. The minimum atomic E-state index is -2.75. The van der Waals surface area contributed by atoms with Crippen molar-refractivity contribution in [3.63, 3.8) is 0 Å². The molecule has 2 N–H and O–H groups in total. The third-order valence-corrected chi connectivity index (χ3v) is 9.86. The van der Waals surface area contributed by atoms with Crippen LogP contribution in [0.4, 0.5) is 0 Å². The Kier molecular flexibility index (Phi) is 5.23. The zero-order valence-electron chi connectivity index (χ0n) is 18.7. The molecule has 4 nitrogen and oxygen atoms in total. The van der Waals surface area contributed by atoms with E-state index in [1.807, 2.05) is 26.8 Å². The minimum Gasteiger partial charge on any atom is -0.352 e. The van der Waals surface area contributed by atoms with Crippen molar-refractivity contribution in [2.24, 2.45) is 34.0 Å². The topological polar surface area (TPSA) is 66.4 Å². The van der Waals surface area contributed by atoms with E-state index in [1.165, 1.54) is 37.7 Å². The highest BCUT2D eigenvalue weighted by Crippen LogP contribution is 2.65. The Balaban J connectivity index is 1.74. The molecule has 162 valence electrons. The van der Waals surface area contributed by atoms with Crippen LogP contribution in [-0.2, 0) is 9.36 Å². The number of hydrogen-bond donors (Lipinski definition) is 2. The molecule has 29 heavy (non-hydrogen) atoms. The monoisotopic (exact) mass is 419 g/mol. The van der Waals surface area contributed by atoms with Gasteiger partial charge in [-0.2, -0.15) is 0 Å². The summed E-state index contributed by atoms with van der Waals surface area (Å²) in [7, 11) is -2.75. The lowest BCUT2D eigenvalue weighted by atomic mass is 9.48. The number of hydrogen-bond acceptors (Lipinski definition) is 2. The summed E-state index contributed by atoms with van der Waals surface area (Å²) >= 11 is 0. The SMILES string of the molecule is CC(C)(C)C(=O)NC1CC([PH](=O)O)=CC2=CC[C@@H]3[C@@H](CC[C@]4(C)CCC[C@@H]34)[C@]21C. The smallest absolute Gasteiger partial charge is 0.225 e. The van der Waals surface area contributed by atoms with Gasteiger partial charge in [0.1, 0.15) is 0 Å². The normalized spacial score (nSPS) is 42.7. The van der Waals surface area contributed by atoms with Crippen LogP contribution in [0.2, 0.25) is 0 Å². The molecular weight excluding hydrogens is 381 g/mol. The second kappa shape index (κ2) is 7.09. The molecule has 0 aromatic heterocycles. The summed E-state index contributed by atoms with van der Waals surface area (Å²) in [5.41, 5.74) is 1.04. The van der Waals surface area contributed by atoms with Gasteiger partial charge in [0.15, 0.2) is 0 Å². The maximum Gasteiger partial charge on any atom is 0.225 e. The van der Waals surface area contributed by atoms with E-state index in [9.17, 15) is 14.3 Å². The molecule has 0 radical (unpaired) electrons. The Bertz CT molecular complexity index is 794. The maximum absolute atomic E-state index is 12.9. The molecule has 2 unspecified atom stereocenters. The van der Waals surface area contributed by atoms with Crippen LogP contribution in [0.3, 0.4) is 0 Å². The molecule has 0 aliphatic heterocycles. The highest BCUT2D eigenvalue weighted by atomic mass is 31.1. The van der Waals surface area contributed by atoms with E-state index in [4.69, 9.17) is 0 Å². The summed E-state index contributed by atoms with van der Waals surface area (Å²) in [4.78, 5) is 22.8. The third kappa shape index (κ3) is 3.39. The van der Waals surface area contributed by atoms with E-state index in [0.717, 1.165) is 12.3 Å². The van der Waals surface area contributed by atoms with Gasteiger partial charge in [0.05, 0.1) is 0 Å². The number of carbonyl (C=O) groups is 1. The van der Waals surface area contributed by atoms with Crippen LogP contribution in [0.1, 0.15) is 79.6 Å². The number of nitrogens with one attached hydrogen (secondary N) is 1. The second-order valence-electron chi connectivity index (χ2n) is 11.6. The number of amides is 1. The molecule has 0 saturated heterocycles. The summed E-state index contributed by atoms with van der Waals surface area (Å²) < 4.78 is 12.0. The Morgan fingerprint density at radius 3 is 2.59 bits per heavy atom. The third-order valence-electron chi connectivity index (χ3n) is 8.96.